The van der Waals surface area contributed by atoms with Crippen molar-refractivity contribution in [3.05, 3.63) is 12.2 Å². The minimum atomic E-state index is -1.12. The zero-order valence-electron chi connectivity index (χ0n) is 10.7. The lowest BCUT2D eigenvalue weighted by Gasteiger charge is -2.26. The van der Waals surface area contributed by atoms with Gasteiger partial charge in [-0.15, -0.1) is 0 Å². The zero-order valence-corrected chi connectivity index (χ0v) is 10.7. The predicted octanol–water partition coefficient (Wildman–Crippen LogP) is 0.546. The minimum Gasteiger partial charge on any atom is -0.478 e. The van der Waals surface area contributed by atoms with E-state index in [4.69, 9.17) is 19.3 Å². The molecule has 1 saturated heterocycles. The van der Waals surface area contributed by atoms with Crippen molar-refractivity contribution in [2.45, 2.75) is 38.3 Å². The van der Waals surface area contributed by atoms with E-state index in [0.29, 0.717) is 13.2 Å². The first-order chi connectivity index (χ1) is 8.30. The number of carbonyl (C=O) groups is 1. The Morgan fingerprint density at radius 2 is 2.17 bits per heavy atom. The zero-order chi connectivity index (χ0) is 13.8. The molecule has 0 amide bonds. The molecule has 18 heavy (non-hydrogen) atoms. The van der Waals surface area contributed by atoms with Crippen LogP contribution in [0.15, 0.2) is 12.2 Å². The molecule has 1 rings (SSSR count). The van der Waals surface area contributed by atoms with Gasteiger partial charge in [-0.1, -0.05) is 6.58 Å². The quantitative estimate of drug-likeness (QED) is 0.357. The maximum Gasteiger partial charge on any atom is 0.331 e. The van der Waals surface area contributed by atoms with Gasteiger partial charge < -0.3 is 24.4 Å². The number of ether oxygens (including phenoxy) is 3. The van der Waals surface area contributed by atoms with Crippen molar-refractivity contribution >= 4 is 5.97 Å². The van der Waals surface area contributed by atoms with Crippen molar-refractivity contribution < 1.29 is 29.2 Å². The largest absolute Gasteiger partial charge is 0.478 e. The van der Waals surface area contributed by atoms with Gasteiger partial charge in [0.1, 0.15) is 6.10 Å². The van der Waals surface area contributed by atoms with Gasteiger partial charge in [0.25, 0.3) is 0 Å². The molecule has 0 aromatic carbocycles. The van der Waals surface area contributed by atoms with Gasteiger partial charge in [-0.05, 0) is 13.8 Å². The summed E-state index contributed by atoms with van der Waals surface area (Å²) in [5, 5.41) is 18.2. The SMILES string of the molecule is C=C(CC(O)COC(C)(C)OCC1CO1)C(=O)O. The van der Waals surface area contributed by atoms with Crippen molar-refractivity contribution in [1.82, 2.24) is 0 Å². The highest BCUT2D eigenvalue weighted by Gasteiger charge is 2.28. The summed E-state index contributed by atoms with van der Waals surface area (Å²) >= 11 is 0. The third-order valence-electron chi connectivity index (χ3n) is 2.43. The number of carboxylic acid groups (broad SMARTS) is 1. The number of aliphatic carboxylic acids is 1. The van der Waals surface area contributed by atoms with Crippen LogP contribution in [0.25, 0.3) is 0 Å². The Morgan fingerprint density at radius 3 is 2.67 bits per heavy atom. The van der Waals surface area contributed by atoms with Gasteiger partial charge in [0.2, 0.25) is 0 Å². The van der Waals surface area contributed by atoms with Gasteiger partial charge in [0, 0.05) is 12.0 Å². The fourth-order valence-electron chi connectivity index (χ4n) is 1.23. The first-order valence-corrected chi connectivity index (χ1v) is 5.79. The van der Waals surface area contributed by atoms with Crippen LogP contribution in [0.2, 0.25) is 0 Å². The van der Waals surface area contributed by atoms with Gasteiger partial charge in [-0.2, -0.15) is 0 Å². The monoisotopic (exact) mass is 260 g/mol. The molecule has 2 atom stereocenters. The maximum absolute atomic E-state index is 10.5. The molecule has 6 heteroatoms. The van der Waals surface area contributed by atoms with Crippen molar-refractivity contribution in [3.8, 4) is 0 Å². The molecule has 2 unspecified atom stereocenters. The number of aliphatic hydroxyl groups excluding tert-OH is 1. The van der Waals surface area contributed by atoms with Crippen LogP contribution in [0.3, 0.4) is 0 Å². The second-order valence-electron chi connectivity index (χ2n) is 4.74. The average molecular weight is 260 g/mol. The molecular formula is C12H20O6. The van der Waals surface area contributed by atoms with E-state index in [-0.39, 0.29) is 24.7 Å². The van der Waals surface area contributed by atoms with Crippen molar-refractivity contribution in [1.29, 1.82) is 0 Å². The second-order valence-corrected chi connectivity index (χ2v) is 4.74. The van der Waals surface area contributed by atoms with Crippen LogP contribution in [0.4, 0.5) is 0 Å². The Labute approximate surface area is 106 Å². The average Bonchev–Trinajstić information content (AvgIpc) is 3.07. The highest BCUT2D eigenvalue weighted by atomic mass is 16.7. The van der Waals surface area contributed by atoms with Gasteiger partial charge in [0.15, 0.2) is 5.79 Å². The molecule has 1 aliphatic rings. The lowest BCUT2D eigenvalue weighted by atomic mass is 10.1. The van der Waals surface area contributed by atoms with E-state index in [1.165, 1.54) is 0 Å². The topological polar surface area (TPSA) is 88.5 Å². The fraction of sp³-hybridized carbons (Fsp3) is 0.750. The second kappa shape index (κ2) is 6.29. The Morgan fingerprint density at radius 1 is 1.56 bits per heavy atom. The lowest BCUT2D eigenvalue weighted by molar-refractivity contribution is -0.225. The first-order valence-electron chi connectivity index (χ1n) is 5.79. The molecule has 104 valence electrons. The normalized spacial score (nSPS) is 20.5. The van der Waals surface area contributed by atoms with Gasteiger partial charge in [-0.3, -0.25) is 0 Å². The molecule has 0 spiro atoms. The van der Waals surface area contributed by atoms with Crippen LogP contribution in [-0.2, 0) is 19.0 Å². The van der Waals surface area contributed by atoms with E-state index in [2.05, 4.69) is 6.58 Å². The summed E-state index contributed by atoms with van der Waals surface area (Å²) < 4.78 is 15.8. The summed E-state index contributed by atoms with van der Waals surface area (Å²) in [7, 11) is 0. The smallest absolute Gasteiger partial charge is 0.331 e. The Balaban J connectivity index is 2.20. The molecule has 0 aromatic heterocycles. The van der Waals surface area contributed by atoms with Gasteiger partial charge in [0.05, 0.1) is 25.9 Å². The predicted molar refractivity (Wildman–Crippen MR) is 63.1 cm³/mol. The number of carboxylic acids is 1. The molecule has 0 radical (unpaired) electrons. The number of hydrogen-bond donors (Lipinski definition) is 2. The van der Waals surface area contributed by atoms with Crippen molar-refractivity contribution in [2.24, 2.45) is 0 Å². The van der Waals surface area contributed by atoms with Crippen LogP contribution >= 0.6 is 0 Å². The van der Waals surface area contributed by atoms with Gasteiger partial charge >= 0.3 is 5.97 Å². The third-order valence-corrected chi connectivity index (χ3v) is 2.43. The number of aliphatic hydroxyl groups is 1. The van der Waals surface area contributed by atoms with Crippen LogP contribution in [0.1, 0.15) is 20.3 Å². The number of rotatable bonds is 9. The fourth-order valence-corrected chi connectivity index (χ4v) is 1.23. The summed E-state index contributed by atoms with van der Waals surface area (Å²) in [4.78, 5) is 10.5. The maximum atomic E-state index is 10.5. The van der Waals surface area contributed by atoms with E-state index in [0.717, 1.165) is 0 Å². The molecule has 0 bridgehead atoms. The molecule has 0 saturated carbocycles. The van der Waals surface area contributed by atoms with E-state index < -0.39 is 17.9 Å². The Hall–Kier alpha value is -0.950. The summed E-state index contributed by atoms with van der Waals surface area (Å²) in [5.74, 6) is -1.95. The standard InChI is InChI=1S/C12H20O6/c1-8(11(14)15)4-9(13)5-17-12(2,3)18-7-10-6-16-10/h9-10,13H,1,4-7H2,2-3H3,(H,14,15). The molecular weight excluding hydrogens is 240 g/mol. The molecule has 6 nitrogen and oxygen atoms in total. The van der Waals surface area contributed by atoms with Crippen LogP contribution in [0.5, 0.6) is 0 Å². The summed E-state index contributed by atoms with van der Waals surface area (Å²) in [6, 6.07) is 0. The summed E-state index contributed by atoms with van der Waals surface area (Å²) in [5.41, 5.74) is -0.0452. The van der Waals surface area contributed by atoms with Crippen LogP contribution < -0.4 is 0 Å². The third kappa shape index (κ3) is 6.11. The number of epoxide rings is 1. The van der Waals surface area contributed by atoms with E-state index in [1.807, 2.05) is 0 Å². The molecule has 1 aliphatic heterocycles. The molecule has 1 fully saturated rings. The Bertz CT molecular complexity index is 308. The minimum absolute atomic E-state index is 0.00910. The van der Waals surface area contributed by atoms with E-state index >= 15 is 0 Å². The van der Waals surface area contributed by atoms with Crippen LogP contribution in [0, 0.1) is 0 Å². The number of hydrogen-bond acceptors (Lipinski definition) is 5. The van der Waals surface area contributed by atoms with Crippen molar-refractivity contribution in [3.63, 3.8) is 0 Å². The van der Waals surface area contributed by atoms with Crippen molar-refractivity contribution in [2.75, 3.05) is 19.8 Å². The first kappa shape index (κ1) is 15.1. The van der Waals surface area contributed by atoms with Crippen LogP contribution in [-0.4, -0.2) is 54.0 Å². The highest BCUT2D eigenvalue weighted by Crippen LogP contribution is 2.17. The lowest BCUT2D eigenvalue weighted by Crippen LogP contribution is -2.33. The molecule has 0 aromatic rings. The van der Waals surface area contributed by atoms with Gasteiger partial charge in [-0.25, -0.2) is 4.79 Å². The van der Waals surface area contributed by atoms with E-state index in [9.17, 15) is 9.90 Å². The molecule has 1 heterocycles. The summed E-state index contributed by atoms with van der Waals surface area (Å²) in [6.45, 7) is 7.95. The highest BCUT2D eigenvalue weighted by molar-refractivity contribution is 5.85. The molecule has 0 aliphatic carbocycles. The molecule has 2 N–H and O–H groups in total. The Kier molecular flexibility index (Phi) is 5.28. The summed E-state index contributed by atoms with van der Waals surface area (Å²) in [6.07, 6.45) is -0.796. The van der Waals surface area contributed by atoms with E-state index in [1.54, 1.807) is 13.8 Å².